The quantitative estimate of drug-likeness (QED) is 0.144. The molecule has 1 aliphatic carbocycles. The highest BCUT2D eigenvalue weighted by Gasteiger charge is 2.36. The minimum Gasteiger partial charge on any atom is -0.228 e. The fourth-order valence-corrected chi connectivity index (χ4v) is 10.4. The van der Waals surface area contributed by atoms with E-state index in [1.54, 1.807) is 0 Å². The third kappa shape index (κ3) is 8.27. The number of nitrogens with zero attached hydrogens (tertiary/aromatic N) is 5. The van der Waals surface area contributed by atoms with Crippen molar-refractivity contribution in [3.63, 3.8) is 0 Å². The van der Waals surface area contributed by atoms with Gasteiger partial charge >= 0.3 is 0 Å². The predicted octanol–water partition coefficient (Wildman–Crippen LogP) is 17.1. The maximum atomic E-state index is 5.26. The highest BCUT2D eigenvalue weighted by atomic mass is 15.0. The van der Waals surface area contributed by atoms with Crippen LogP contribution >= 0.6 is 0 Å². The standard InChI is InChI=1S/C68H47N5/c1-68(2)60-42-54(34-35-58(60)59-40-51-24-12-13-25-52(51)41-61(59)68)63-43-62(69-64(70-63)46-22-10-5-11-23-46)53-30-14-28-49(36-53)50-29-17-33-57(39-50)67-72-65(55-31-15-26-47(37-55)44-18-6-3-7-19-44)71-66(73-67)56-32-16-27-48(38-56)45-20-8-4-9-21-45/h3-43H,1-2H3. The van der Waals surface area contributed by atoms with Crippen LogP contribution in [0, 0.1) is 0 Å². The van der Waals surface area contributed by atoms with Crippen molar-refractivity contribution in [3.8, 4) is 113 Å². The van der Waals surface area contributed by atoms with Crippen molar-refractivity contribution in [2.45, 2.75) is 19.3 Å². The molecule has 344 valence electrons. The molecule has 13 rings (SSSR count). The van der Waals surface area contributed by atoms with Gasteiger partial charge in [0.25, 0.3) is 0 Å². The Morgan fingerprint density at radius 1 is 0.233 bits per heavy atom. The van der Waals surface area contributed by atoms with Crippen molar-refractivity contribution >= 4 is 10.8 Å². The van der Waals surface area contributed by atoms with E-state index in [1.807, 2.05) is 30.3 Å². The van der Waals surface area contributed by atoms with Gasteiger partial charge in [0.05, 0.1) is 11.4 Å². The number of aromatic nitrogens is 5. The van der Waals surface area contributed by atoms with Crippen LogP contribution in [0.3, 0.4) is 0 Å². The molecule has 0 aliphatic heterocycles. The molecule has 0 amide bonds. The second kappa shape index (κ2) is 18.1. The molecule has 0 fully saturated rings. The lowest BCUT2D eigenvalue weighted by Crippen LogP contribution is -2.15. The van der Waals surface area contributed by atoms with E-state index in [9.17, 15) is 0 Å². The molecule has 0 saturated heterocycles. The highest BCUT2D eigenvalue weighted by Crippen LogP contribution is 2.51. The molecular weight excluding hydrogens is 887 g/mol. The molecule has 5 heteroatoms. The number of benzene rings is 10. The largest absolute Gasteiger partial charge is 0.228 e. The van der Waals surface area contributed by atoms with Gasteiger partial charge in [0.2, 0.25) is 0 Å². The monoisotopic (exact) mass is 933 g/mol. The fourth-order valence-electron chi connectivity index (χ4n) is 10.4. The topological polar surface area (TPSA) is 64.5 Å². The van der Waals surface area contributed by atoms with E-state index >= 15 is 0 Å². The Bertz CT molecular complexity index is 3950. The van der Waals surface area contributed by atoms with Gasteiger partial charge in [-0.15, -0.1) is 0 Å². The molecule has 0 atom stereocenters. The second-order valence-electron chi connectivity index (χ2n) is 19.3. The summed E-state index contributed by atoms with van der Waals surface area (Å²) in [6, 6.07) is 87.4. The average Bonchev–Trinajstić information content (AvgIpc) is 3.69. The summed E-state index contributed by atoms with van der Waals surface area (Å²) >= 11 is 0. The lowest BCUT2D eigenvalue weighted by Gasteiger charge is -2.22. The van der Waals surface area contributed by atoms with E-state index in [0.29, 0.717) is 23.3 Å². The minimum absolute atomic E-state index is 0.184. The first-order valence-corrected chi connectivity index (χ1v) is 24.8. The first kappa shape index (κ1) is 43.6. The van der Waals surface area contributed by atoms with Gasteiger partial charge in [0, 0.05) is 38.8 Å². The molecule has 2 heterocycles. The maximum Gasteiger partial charge on any atom is 0.164 e. The number of rotatable bonds is 9. The molecular formula is C68H47N5. The van der Waals surface area contributed by atoms with Gasteiger partial charge < -0.3 is 0 Å². The summed E-state index contributed by atoms with van der Waals surface area (Å²) in [5, 5.41) is 2.52. The van der Waals surface area contributed by atoms with Crippen LogP contribution in [0.2, 0.25) is 0 Å². The zero-order valence-corrected chi connectivity index (χ0v) is 40.4. The van der Waals surface area contributed by atoms with E-state index in [1.165, 1.54) is 33.0 Å². The van der Waals surface area contributed by atoms with Gasteiger partial charge in [-0.25, -0.2) is 24.9 Å². The molecule has 5 nitrogen and oxygen atoms in total. The molecule has 10 aromatic carbocycles. The average molecular weight is 934 g/mol. The van der Waals surface area contributed by atoms with Gasteiger partial charge in [0.1, 0.15) is 0 Å². The summed E-state index contributed by atoms with van der Waals surface area (Å²) in [6.07, 6.45) is 0. The molecule has 0 spiro atoms. The molecule has 2 aromatic heterocycles. The smallest absolute Gasteiger partial charge is 0.164 e. The predicted molar refractivity (Wildman–Crippen MR) is 299 cm³/mol. The van der Waals surface area contributed by atoms with Gasteiger partial charge in [-0.1, -0.05) is 214 Å². The third-order valence-corrected chi connectivity index (χ3v) is 14.3. The first-order chi connectivity index (χ1) is 35.9. The van der Waals surface area contributed by atoms with Crippen molar-refractivity contribution < 1.29 is 0 Å². The molecule has 1 aliphatic rings. The highest BCUT2D eigenvalue weighted by molar-refractivity contribution is 5.94. The van der Waals surface area contributed by atoms with E-state index < -0.39 is 0 Å². The van der Waals surface area contributed by atoms with Crippen molar-refractivity contribution in [3.05, 3.63) is 260 Å². The zero-order valence-electron chi connectivity index (χ0n) is 40.4. The SMILES string of the molecule is CC1(C)c2cc(-c3cc(-c4cccc(-c5cccc(-c6nc(-c7cccc(-c8ccccc8)c7)nc(-c7cccc(-c8ccccc8)c7)n6)c5)c4)nc(-c4ccccc4)n3)ccc2-c2cc3ccccc3cc21. The van der Waals surface area contributed by atoms with E-state index in [-0.39, 0.29) is 5.41 Å². The Balaban J connectivity index is 0.892. The normalized spacial score (nSPS) is 12.4. The van der Waals surface area contributed by atoms with Crippen LogP contribution in [0.15, 0.2) is 249 Å². The Hall–Kier alpha value is -9.45. The van der Waals surface area contributed by atoms with Gasteiger partial charge in [-0.3, -0.25) is 0 Å². The van der Waals surface area contributed by atoms with Crippen molar-refractivity contribution in [1.82, 2.24) is 24.9 Å². The van der Waals surface area contributed by atoms with Crippen LogP contribution in [0.4, 0.5) is 0 Å². The maximum absolute atomic E-state index is 5.26. The van der Waals surface area contributed by atoms with Gasteiger partial charge in [-0.05, 0) is 115 Å². The lowest BCUT2D eigenvalue weighted by atomic mass is 9.81. The summed E-state index contributed by atoms with van der Waals surface area (Å²) in [6.45, 7) is 4.68. The minimum atomic E-state index is -0.184. The second-order valence-corrected chi connectivity index (χ2v) is 19.3. The number of fused-ring (bicyclic) bond motifs is 4. The summed E-state index contributed by atoms with van der Waals surface area (Å²) in [4.78, 5) is 26.1. The van der Waals surface area contributed by atoms with Crippen LogP contribution in [0.5, 0.6) is 0 Å². The van der Waals surface area contributed by atoms with E-state index in [4.69, 9.17) is 24.9 Å². The molecule has 0 bridgehead atoms. The number of hydrogen-bond acceptors (Lipinski definition) is 5. The Morgan fingerprint density at radius 3 is 1.10 bits per heavy atom. The van der Waals surface area contributed by atoms with Crippen molar-refractivity contribution in [2.24, 2.45) is 0 Å². The van der Waals surface area contributed by atoms with Crippen LogP contribution < -0.4 is 0 Å². The van der Waals surface area contributed by atoms with Crippen LogP contribution in [-0.4, -0.2) is 24.9 Å². The fraction of sp³-hybridized carbons (Fsp3) is 0.0441. The van der Waals surface area contributed by atoms with E-state index in [2.05, 4.69) is 232 Å². The Kier molecular flexibility index (Phi) is 10.8. The molecule has 12 aromatic rings. The Morgan fingerprint density at radius 2 is 0.589 bits per heavy atom. The molecule has 0 N–H and O–H groups in total. The molecule has 73 heavy (non-hydrogen) atoms. The number of hydrogen-bond donors (Lipinski definition) is 0. The van der Waals surface area contributed by atoms with E-state index in [0.717, 1.165) is 78.1 Å². The molecule has 0 unspecified atom stereocenters. The summed E-state index contributed by atoms with van der Waals surface area (Å²) in [5.41, 5.74) is 19.0. The third-order valence-electron chi connectivity index (χ3n) is 14.3. The van der Waals surface area contributed by atoms with Crippen molar-refractivity contribution in [2.75, 3.05) is 0 Å². The van der Waals surface area contributed by atoms with Gasteiger partial charge in [-0.2, -0.15) is 0 Å². The Labute approximate surface area is 425 Å². The van der Waals surface area contributed by atoms with Crippen molar-refractivity contribution in [1.29, 1.82) is 0 Å². The summed E-state index contributed by atoms with van der Waals surface area (Å²) in [7, 11) is 0. The molecule has 0 saturated carbocycles. The van der Waals surface area contributed by atoms with Crippen LogP contribution in [0.25, 0.3) is 123 Å². The lowest BCUT2D eigenvalue weighted by molar-refractivity contribution is 0.661. The molecule has 0 radical (unpaired) electrons. The summed E-state index contributed by atoms with van der Waals surface area (Å²) < 4.78 is 0. The van der Waals surface area contributed by atoms with Crippen LogP contribution in [0.1, 0.15) is 25.0 Å². The summed E-state index contributed by atoms with van der Waals surface area (Å²) in [5.74, 6) is 2.48. The first-order valence-electron chi connectivity index (χ1n) is 24.8. The van der Waals surface area contributed by atoms with Crippen LogP contribution in [-0.2, 0) is 5.41 Å². The van der Waals surface area contributed by atoms with Gasteiger partial charge in [0.15, 0.2) is 23.3 Å². The zero-order chi connectivity index (χ0) is 48.9.